The molecule has 0 aliphatic carbocycles. The molecule has 1 amide bonds. The second kappa shape index (κ2) is 6.32. The number of hydrogen-bond donors (Lipinski definition) is 3. The topological polar surface area (TPSA) is 75.4 Å². The Hall–Kier alpha value is -2.47. The predicted molar refractivity (Wildman–Crippen MR) is 74.5 cm³/mol. The molecule has 0 fully saturated rings. The zero-order chi connectivity index (χ0) is 15.4. The summed E-state index contributed by atoms with van der Waals surface area (Å²) >= 11 is 0. The summed E-state index contributed by atoms with van der Waals surface area (Å²) in [5.74, 6) is -2.95. The van der Waals surface area contributed by atoms with E-state index >= 15 is 0 Å². The molecule has 2 rings (SSSR count). The standard InChI is InChI=1S/C15H14F2N2O2/c16-11-6-10(13(18)7-12(11)17)15(21)19-8-14(20)9-4-2-1-3-5-9/h1-7,14,20H,8,18H2,(H,19,21). The number of aliphatic hydroxyl groups excluding tert-OH is 1. The third kappa shape index (κ3) is 3.55. The van der Waals surface area contributed by atoms with E-state index in [4.69, 9.17) is 5.73 Å². The van der Waals surface area contributed by atoms with Gasteiger partial charge in [-0.05, 0) is 11.6 Å². The number of anilines is 1. The number of amides is 1. The molecule has 2 aromatic carbocycles. The van der Waals surface area contributed by atoms with Gasteiger partial charge in [0.15, 0.2) is 11.6 Å². The Labute approximate surface area is 120 Å². The van der Waals surface area contributed by atoms with Crippen LogP contribution in [0, 0.1) is 11.6 Å². The highest BCUT2D eigenvalue weighted by molar-refractivity contribution is 5.99. The van der Waals surface area contributed by atoms with E-state index in [0.717, 1.165) is 12.1 Å². The summed E-state index contributed by atoms with van der Waals surface area (Å²) in [6.07, 6.45) is -0.901. The molecule has 0 radical (unpaired) electrons. The summed E-state index contributed by atoms with van der Waals surface area (Å²) in [7, 11) is 0. The third-order valence-electron chi connectivity index (χ3n) is 2.98. The summed E-state index contributed by atoms with van der Waals surface area (Å²) in [6, 6.07) is 10.2. The van der Waals surface area contributed by atoms with Crippen LogP contribution in [0.4, 0.5) is 14.5 Å². The fourth-order valence-corrected chi connectivity index (χ4v) is 1.84. The van der Waals surface area contributed by atoms with Gasteiger partial charge >= 0.3 is 0 Å². The maximum absolute atomic E-state index is 13.1. The first kappa shape index (κ1) is 14.9. The van der Waals surface area contributed by atoms with Crippen molar-refractivity contribution in [3.8, 4) is 0 Å². The van der Waals surface area contributed by atoms with Gasteiger partial charge in [-0.1, -0.05) is 30.3 Å². The lowest BCUT2D eigenvalue weighted by atomic mass is 10.1. The average Bonchev–Trinajstić information content (AvgIpc) is 2.49. The van der Waals surface area contributed by atoms with Crippen molar-refractivity contribution in [1.29, 1.82) is 0 Å². The molecule has 21 heavy (non-hydrogen) atoms. The molecule has 1 atom stereocenters. The molecule has 0 aliphatic heterocycles. The van der Waals surface area contributed by atoms with E-state index in [1.165, 1.54) is 0 Å². The Morgan fingerprint density at radius 3 is 2.48 bits per heavy atom. The van der Waals surface area contributed by atoms with Crippen molar-refractivity contribution in [3.05, 3.63) is 65.2 Å². The Bertz CT molecular complexity index is 648. The molecule has 6 heteroatoms. The number of rotatable bonds is 4. The summed E-state index contributed by atoms with van der Waals surface area (Å²) in [5, 5.41) is 12.3. The van der Waals surface area contributed by atoms with Crippen molar-refractivity contribution in [2.24, 2.45) is 0 Å². The SMILES string of the molecule is Nc1cc(F)c(F)cc1C(=O)NCC(O)c1ccccc1. The molecule has 0 saturated heterocycles. The van der Waals surface area contributed by atoms with Crippen LogP contribution in [0.3, 0.4) is 0 Å². The molecule has 0 bridgehead atoms. The summed E-state index contributed by atoms with van der Waals surface area (Å²) in [4.78, 5) is 11.9. The van der Waals surface area contributed by atoms with Crippen LogP contribution in [0.2, 0.25) is 0 Å². The second-order valence-corrected chi connectivity index (χ2v) is 4.49. The van der Waals surface area contributed by atoms with Crippen LogP contribution in [0.15, 0.2) is 42.5 Å². The monoisotopic (exact) mass is 292 g/mol. The van der Waals surface area contributed by atoms with E-state index in [1.807, 2.05) is 0 Å². The average molecular weight is 292 g/mol. The number of hydrogen-bond acceptors (Lipinski definition) is 3. The van der Waals surface area contributed by atoms with Crippen molar-refractivity contribution in [2.75, 3.05) is 12.3 Å². The minimum absolute atomic E-state index is 0.0682. The van der Waals surface area contributed by atoms with Gasteiger partial charge < -0.3 is 16.2 Å². The highest BCUT2D eigenvalue weighted by atomic mass is 19.2. The number of benzene rings is 2. The summed E-state index contributed by atoms with van der Waals surface area (Å²) < 4.78 is 26.1. The molecular weight excluding hydrogens is 278 g/mol. The van der Waals surface area contributed by atoms with Crippen LogP contribution in [-0.2, 0) is 0 Å². The Morgan fingerprint density at radius 1 is 1.19 bits per heavy atom. The van der Waals surface area contributed by atoms with E-state index in [1.54, 1.807) is 30.3 Å². The lowest BCUT2D eigenvalue weighted by molar-refractivity contribution is 0.0916. The highest BCUT2D eigenvalue weighted by Gasteiger charge is 2.15. The third-order valence-corrected chi connectivity index (χ3v) is 2.98. The van der Waals surface area contributed by atoms with Crippen molar-refractivity contribution in [3.63, 3.8) is 0 Å². The van der Waals surface area contributed by atoms with Crippen molar-refractivity contribution in [2.45, 2.75) is 6.10 Å². The van der Waals surface area contributed by atoms with E-state index < -0.39 is 23.6 Å². The van der Waals surface area contributed by atoms with E-state index in [-0.39, 0.29) is 17.8 Å². The zero-order valence-corrected chi connectivity index (χ0v) is 11.0. The fraction of sp³-hybridized carbons (Fsp3) is 0.133. The van der Waals surface area contributed by atoms with E-state index in [9.17, 15) is 18.7 Å². The number of aliphatic hydroxyl groups is 1. The van der Waals surface area contributed by atoms with Gasteiger partial charge in [-0.25, -0.2) is 8.78 Å². The molecule has 2 aromatic rings. The van der Waals surface area contributed by atoms with Crippen LogP contribution >= 0.6 is 0 Å². The highest BCUT2D eigenvalue weighted by Crippen LogP contribution is 2.17. The smallest absolute Gasteiger partial charge is 0.253 e. The van der Waals surface area contributed by atoms with Gasteiger partial charge in [0.25, 0.3) is 5.91 Å². The molecule has 4 N–H and O–H groups in total. The lowest BCUT2D eigenvalue weighted by Crippen LogP contribution is -2.29. The molecule has 0 spiro atoms. The first-order valence-corrected chi connectivity index (χ1v) is 6.24. The van der Waals surface area contributed by atoms with Crippen LogP contribution < -0.4 is 11.1 Å². The minimum Gasteiger partial charge on any atom is -0.398 e. The van der Waals surface area contributed by atoms with E-state index in [0.29, 0.717) is 5.56 Å². The van der Waals surface area contributed by atoms with Gasteiger partial charge in [-0.2, -0.15) is 0 Å². The Balaban J connectivity index is 2.04. The molecular formula is C15H14F2N2O2. The van der Waals surface area contributed by atoms with Crippen LogP contribution in [0.1, 0.15) is 22.0 Å². The minimum atomic E-state index is -1.15. The van der Waals surface area contributed by atoms with Gasteiger partial charge in [0.1, 0.15) is 0 Å². The number of nitrogens with one attached hydrogen (secondary N) is 1. The fourth-order valence-electron chi connectivity index (χ4n) is 1.84. The lowest BCUT2D eigenvalue weighted by Gasteiger charge is -2.13. The van der Waals surface area contributed by atoms with Gasteiger partial charge in [-0.3, -0.25) is 4.79 Å². The van der Waals surface area contributed by atoms with Crippen molar-refractivity contribution >= 4 is 11.6 Å². The number of carbonyl (C=O) groups is 1. The molecule has 110 valence electrons. The van der Waals surface area contributed by atoms with Crippen molar-refractivity contribution in [1.82, 2.24) is 5.32 Å². The maximum Gasteiger partial charge on any atom is 0.253 e. The molecule has 0 heterocycles. The summed E-state index contributed by atoms with van der Waals surface area (Å²) in [5.41, 5.74) is 5.78. The van der Waals surface area contributed by atoms with Gasteiger partial charge in [0.2, 0.25) is 0 Å². The summed E-state index contributed by atoms with van der Waals surface area (Å²) in [6.45, 7) is -0.0682. The van der Waals surface area contributed by atoms with E-state index in [2.05, 4.69) is 5.32 Å². The van der Waals surface area contributed by atoms with Gasteiger partial charge in [0.05, 0.1) is 11.7 Å². The second-order valence-electron chi connectivity index (χ2n) is 4.49. The number of nitrogen functional groups attached to an aromatic ring is 1. The molecule has 0 aliphatic rings. The first-order valence-electron chi connectivity index (χ1n) is 6.24. The molecule has 0 saturated carbocycles. The molecule has 0 aromatic heterocycles. The molecule has 1 unspecified atom stereocenters. The number of carbonyl (C=O) groups excluding carboxylic acids is 1. The quantitative estimate of drug-likeness (QED) is 0.755. The maximum atomic E-state index is 13.1. The van der Waals surface area contributed by atoms with Crippen LogP contribution in [-0.4, -0.2) is 17.6 Å². The first-order chi connectivity index (χ1) is 9.99. The largest absolute Gasteiger partial charge is 0.398 e. The van der Waals surface area contributed by atoms with Gasteiger partial charge in [0, 0.05) is 18.3 Å². The Kier molecular flexibility index (Phi) is 4.49. The Morgan fingerprint density at radius 2 is 1.81 bits per heavy atom. The van der Waals surface area contributed by atoms with Crippen LogP contribution in [0.25, 0.3) is 0 Å². The normalized spacial score (nSPS) is 12.0. The van der Waals surface area contributed by atoms with Gasteiger partial charge in [-0.15, -0.1) is 0 Å². The molecule has 4 nitrogen and oxygen atoms in total. The zero-order valence-electron chi connectivity index (χ0n) is 11.0. The van der Waals surface area contributed by atoms with Crippen LogP contribution in [0.5, 0.6) is 0 Å². The predicted octanol–water partition coefficient (Wildman–Crippen LogP) is 2.01. The van der Waals surface area contributed by atoms with Crippen molar-refractivity contribution < 1.29 is 18.7 Å². The number of nitrogens with two attached hydrogens (primary N) is 1. The number of halogens is 2.